The minimum absolute atomic E-state index is 0.0143. The highest BCUT2D eigenvalue weighted by Crippen LogP contribution is 2.14. The van der Waals surface area contributed by atoms with Gasteiger partial charge in [0.25, 0.3) is 0 Å². The third-order valence-corrected chi connectivity index (χ3v) is 2.24. The summed E-state index contributed by atoms with van der Waals surface area (Å²) < 4.78 is 4.72. The van der Waals surface area contributed by atoms with Crippen LogP contribution in [0, 0.1) is 0 Å². The van der Waals surface area contributed by atoms with Gasteiger partial charge in [0, 0.05) is 12.7 Å². The van der Waals surface area contributed by atoms with Gasteiger partial charge in [-0.25, -0.2) is 9.97 Å². The second-order valence-electron chi connectivity index (χ2n) is 3.64. The summed E-state index contributed by atoms with van der Waals surface area (Å²) in [6.45, 7) is 0.0143. The lowest BCUT2D eigenvalue weighted by Crippen LogP contribution is -2.17. The highest BCUT2D eigenvalue weighted by molar-refractivity contribution is 5.91. The van der Waals surface area contributed by atoms with Gasteiger partial charge in [0.1, 0.15) is 6.61 Å². The van der Waals surface area contributed by atoms with Crippen molar-refractivity contribution in [1.82, 2.24) is 9.97 Å². The van der Waals surface area contributed by atoms with Crippen LogP contribution in [0.15, 0.2) is 42.7 Å². The van der Waals surface area contributed by atoms with Crippen molar-refractivity contribution in [2.24, 2.45) is 0 Å². The topological polar surface area (TPSA) is 64.1 Å². The maximum Gasteiger partial charge on any atom is 0.250 e. The zero-order chi connectivity index (χ0) is 12.8. The number of ether oxygens (including phenoxy) is 1. The van der Waals surface area contributed by atoms with E-state index in [1.807, 2.05) is 30.3 Å². The van der Waals surface area contributed by atoms with E-state index in [0.29, 0.717) is 11.5 Å². The summed E-state index contributed by atoms with van der Waals surface area (Å²) in [5, 5.41) is 2.63. The monoisotopic (exact) mass is 243 g/mol. The molecule has 0 saturated heterocycles. The molecule has 2 aromatic rings. The van der Waals surface area contributed by atoms with Crippen molar-refractivity contribution in [3.05, 3.63) is 42.7 Å². The third kappa shape index (κ3) is 3.11. The van der Waals surface area contributed by atoms with E-state index in [2.05, 4.69) is 15.3 Å². The molecule has 5 heteroatoms. The molecular formula is C13H13N3O2. The van der Waals surface area contributed by atoms with E-state index in [0.717, 1.165) is 5.56 Å². The van der Waals surface area contributed by atoms with Gasteiger partial charge in [-0.1, -0.05) is 30.3 Å². The number of aromatic nitrogens is 2. The SMILES string of the molecule is COCC(=O)Nc1cnc(-c2ccccc2)nc1. The maximum absolute atomic E-state index is 11.3. The lowest BCUT2D eigenvalue weighted by atomic mass is 10.2. The molecular weight excluding hydrogens is 230 g/mol. The maximum atomic E-state index is 11.3. The fourth-order valence-electron chi connectivity index (χ4n) is 1.46. The average molecular weight is 243 g/mol. The molecule has 0 spiro atoms. The first-order valence-corrected chi connectivity index (χ1v) is 5.46. The molecule has 0 radical (unpaired) electrons. The van der Waals surface area contributed by atoms with E-state index in [9.17, 15) is 4.79 Å². The van der Waals surface area contributed by atoms with Crippen LogP contribution >= 0.6 is 0 Å². The van der Waals surface area contributed by atoms with Crippen molar-refractivity contribution in [2.45, 2.75) is 0 Å². The molecule has 0 saturated carbocycles. The van der Waals surface area contributed by atoms with Crippen LogP contribution < -0.4 is 5.32 Å². The Morgan fingerprint density at radius 3 is 2.50 bits per heavy atom. The second-order valence-corrected chi connectivity index (χ2v) is 3.64. The molecule has 0 aliphatic rings. The second kappa shape index (κ2) is 5.88. The van der Waals surface area contributed by atoms with Gasteiger partial charge in [-0.3, -0.25) is 4.79 Å². The summed E-state index contributed by atoms with van der Waals surface area (Å²) in [5.41, 5.74) is 1.49. The predicted molar refractivity (Wildman–Crippen MR) is 68.0 cm³/mol. The number of anilines is 1. The Labute approximate surface area is 105 Å². The summed E-state index contributed by atoms with van der Waals surface area (Å²) in [6, 6.07) is 9.64. The van der Waals surface area contributed by atoms with Gasteiger partial charge in [0.15, 0.2) is 5.82 Å². The number of nitrogens with one attached hydrogen (secondary N) is 1. The van der Waals surface area contributed by atoms with Gasteiger partial charge in [0.2, 0.25) is 5.91 Å². The van der Waals surface area contributed by atoms with Crippen molar-refractivity contribution in [2.75, 3.05) is 19.0 Å². The Morgan fingerprint density at radius 2 is 1.89 bits per heavy atom. The van der Waals surface area contributed by atoms with Crippen LogP contribution in [0.1, 0.15) is 0 Å². The number of amides is 1. The largest absolute Gasteiger partial charge is 0.375 e. The number of carbonyl (C=O) groups excluding carboxylic acids is 1. The average Bonchev–Trinajstić information content (AvgIpc) is 2.41. The Hall–Kier alpha value is -2.27. The van der Waals surface area contributed by atoms with Gasteiger partial charge in [-0.05, 0) is 0 Å². The van der Waals surface area contributed by atoms with E-state index in [-0.39, 0.29) is 12.5 Å². The van der Waals surface area contributed by atoms with E-state index < -0.39 is 0 Å². The Morgan fingerprint density at radius 1 is 1.22 bits per heavy atom. The van der Waals surface area contributed by atoms with Crippen LogP contribution in [0.2, 0.25) is 0 Å². The van der Waals surface area contributed by atoms with Crippen molar-refractivity contribution >= 4 is 11.6 Å². The lowest BCUT2D eigenvalue weighted by molar-refractivity contribution is -0.119. The van der Waals surface area contributed by atoms with Crippen LogP contribution in [0.3, 0.4) is 0 Å². The number of carbonyl (C=O) groups is 1. The van der Waals surface area contributed by atoms with E-state index >= 15 is 0 Å². The van der Waals surface area contributed by atoms with Gasteiger partial charge in [-0.2, -0.15) is 0 Å². The predicted octanol–water partition coefficient (Wildman–Crippen LogP) is 1.73. The number of nitrogens with zero attached hydrogens (tertiary/aromatic N) is 2. The lowest BCUT2D eigenvalue weighted by Gasteiger charge is -2.04. The smallest absolute Gasteiger partial charge is 0.250 e. The van der Waals surface area contributed by atoms with Gasteiger partial charge in [-0.15, -0.1) is 0 Å². The molecule has 0 fully saturated rings. The molecule has 1 N–H and O–H groups in total. The summed E-state index contributed by atoms with van der Waals surface area (Å²) in [6.07, 6.45) is 3.14. The first kappa shape index (κ1) is 12.2. The first-order chi connectivity index (χ1) is 8.79. The first-order valence-electron chi connectivity index (χ1n) is 5.46. The number of methoxy groups -OCH3 is 1. The van der Waals surface area contributed by atoms with E-state index in [4.69, 9.17) is 4.74 Å². The number of hydrogen-bond donors (Lipinski definition) is 1. The van der Waals surface area contributed by atoms with E-state index in [1.54, 1.807) is 12.4 Å². The standard InChI is InChI=1S/C13H13N3O2/c1-18-9-12(17)16-11-7-14-13(15-8-11)10-5-3-2-4-6-10/h2-8H,9H2,1H3,(H,16,17). The van der Waals surface area contributed by atoms with Crippen molar-refractivity contribution in [1.29, 1.82) is 0 Å². The summed E-state index contributed by atoms with van der Waals surface area (Å²) in [5.74, 6) is 0.397. The molecule has 0 aliphatic carbocycles. The molecule has 0 aliphatic heterocycles. The van der Waals surface area contributed by atoms with Gasteiger partial charge >= 0.3 is 0 Å². The van der Waals surface area contributed by atoms with E-state index in [1.165, 1.54) is 7.11 Å². The fraction of sp³-hybridized carbons (Fsp3) is 0.154. The summed E-state index contributed by atoms with van der Waals surface area (Å²) in [7, 11) is 1.47. The van der Waals surface area contributed by atoms with Crippen molar-refractivity contribution in [3.63, 3.8) is 0 Å². The number of benzene rings is 1. The molecule has 18 heavy (non-hydrogen) atoms. The summed E-state index contributed by atoms with van der Waals surface area (Å²) >= 11 is 0. The highest BCUT2D eigenvalue weighted by Gasteiger charge is 2.03. The molecule has 5 nitrogen and oxygen atoms in total. The Kier molecular flexibility index (Phi) is 3.98. The molecule has 2 rings (SSSR count). The van der Waals surface area contributed by atoms with Crippen LogP contribution in [0.5, 0.6) is 0 Å². The molecule has 1 heterocycles. The van der Waals surface area contributed by atoms with Crippen molar-refractivity contribution < 1.29 is 9.53 Å². The van der Waals surface area contributed by atoms with Crippen LogP contribution in [0.4, 0.5) is 5.69 Å². The van der Waals surface area contributed by atoms with Crippen LogP contribution in [-0.4, -0.2) is 29.6 Å². The molecule has 0 atom stereocenters. The fourth-order valence-corrected chi connectivity index (χ4v) is 1.46. The Balaban J connectivity index is 2.09. The highest BCUT2D eigenvalue weighted by atomic mass is 16.5. The normalized spacial score (nSPS) is 10.1. The quantitative estimate of drug-likeness (QED) is 0.888. The zero-order valence-electron chi connectivity index (χ0n) is 9.96. The number of rotatable bonds is 4. The zero-order valence-corrected chi connectivity index (χ0v) is 9.96. The van der Waals surface area contributed by atoms with Crippen LogP contribution in [0.25, 0.3) is 11.4 Å². The minimum atomic E-state index is -0.228. The van der Waals surface area contributed by atoms with Gasteiger partial charge < -0.3 is 10.1 Å². The molecule has 1 amide bonds. The summed E-state index contributed by atoms with van der Waals surface area (Å²) in [4.78, 5) is 19.7. The molecule has 1 aromatic heterocycles. The van der Waals surface area contributed by atoms with Crippen molar-refractivity contribution in [3.8, 4) is 11.4 Å². The molecule has 0 bridgehead atoms. The Bertz CT molecular complexity index is 512. The number of hydrogen-bond acceptors (Lipinski definition) is 4. The minimum Gasteiger partial charge on any atom is -0.375 e. The molecule has 92 valence electrons. The molecule has 0 unspecified atom stereocenters. The van der Waals surface area contributed by atoms with Gasteiger partial charge in [0.05, 0.1) is 18.1 Å². The third-order valence-electron chi connectivity index (χ3n) is 2.24. The molecule has 1 aromatic carbocycles. The van der Waals surface area contributed by atoms with Crippen LogP contribution in [-0.2, 0) is 9.53 Å².